The number of hydrogen-bond donors (Lipinski definition) is 2. The summed E-state index contributed by atoms with van der Waals surface area (Å²) in [5.74, 6) is -1.90. The molecule has 0 spiro atoms. The van der Waals surface area contributed by atoms with Crippen LogP contribution in [0.15, 0.2) is 18.2 Å². The molecular formula is C16H15F6N3O2. The van der Waals surface area contributed by atoms with Gasteiger partial charge in [-0.05, 0) is 36.6 Å². The van der Waals surface area contributed by atoms with Crippen LogP contribution in [0.2, 0.25) is 0 Å². The first-order valence-corrected chi connectivity index (χ1v) is 7.58. The molecule has 27 heavy (non-hydrogen) atoms. The summed E-state index contributed by atoms with van der Waals surface area (Å²) < 4.78 is 76.8. The second kappa shape index (κ2) is 8.75. The topological polar surface area (TPSA) is 96.0 Å². The van der Waals surface area contributed by atoms with Crippen LogP contribution in [0.5, 0.6) is 0 Å². The zero-order valence-corrected chi connectivity index (χ0v) is 13.7. The highest BCUT2D eigenvalue weighted by atomic mass is 19.4. The Morgan fingerprint density at radius 3 is 2.00 bits per heavy atom. The van der Waals surface area contributed by atoms with E-state index in [1.165, 1.54) is 0 Å². The third kappa shape index (κ3) is 7.16. The van der Waals surface area contributed by atoms with Crippen molar-refractivity contribution in [2.45, 2.75) is 44.1 Å². The second-order valence-corrected chi connectivity index (χ2v) is 5.66. The van der Waals surface area contributed by atoms with E-state index in [1.807, 2.05) is 6.07 Å². The Bertz CT molecular complexity index is 705. The molecule has 0 saturated carbocycles. The Kier molecular flexibility index (Phi) is 7.21. The molecule has 1 rings (SSSR count). The number of benzene rings is 1. The van der Waals surface area contributed by atoms with E-state index in [0.29, 0.717) is 12.1 Å². The molecule has 0 unspecified atom stereocenters. The van der Waals surface area contributed by atoms with Crippen LogP contribution in [-0.4, -0.2) is 17.9 Å². The van der Waals surface area contributed by atoms with Gasteiger partial charge in [-0.25, -0.2) is 0 Å². The maximum atomic E-state index is 12.8. The third-order valence-corrected chi connectivity index (χ3v) is 3.47. The van der Waals surface area contributed by atoms with Crippen molar-refractivity contribution in [3.63, 3.8) is 0 Å². The first kappa shape index (κ1) is 22.3. The standard InChI is InChI=1S/C16H15F6N3O2/c17-15(18,19)10-5-9(6-11(8-10)16(20,21)22)7-13(26)25-12(14(24)27)3-1-2-4-23/h5-6,8,12H,1-3,7H2,(H2,24,27)(H,25,26)/t12-/m0/s1. The van der Waals surface area contributed by atoms with Crippen LogP contribution in [0.25, 0.3) is 0 Å². The molecule has 0 aliphatic carbocycles. The van der Waals surface area contributed by atoms with Crippen LogP contribution in [0.3, 0.4) is 0 Å². The van der Waals surface area contributed by atoms with E-state index in [-0.39, 0.29) is 25.3 Å². The molecule has 0 aliphatic heterocycles. The molecule has 0 fully saturated rings. The fourth-order valence-electron chi connectivity index (χ4n) is 2.22. The number of nitrogens with zero attached hydrogens (tertiary/aromatic N) is 1. The molecule has 148 valence electrons. The number of hydrogen-bond acceptors (Lipinski definition) is 3. The lowest BCUT2D eigenvalue weighted by Crippen LogP contribution is -2.45. The zero-order valence-electron chi connectivity index (χ0n) is 13.7. The Morgan fingerprint density at radius 2 is 1.59 bits per heavy atom. The predicted molar refractivity (Wildman–Crippen MR) is 80.7 cm³/mol. The Hall–Kier alpha value is -2.77. The van der Waals surface area contributed by atoms with Gasteiger partial charge in [0.25, 0.3) is 0 Å². The van der Waals surface area contributed by atoms with Gasteiger partial charge < -0.3 is 11.1 Å². The van der Waals surface area contributed by atoms with Crippen molar-refractivity contribution in [3.05, 3.63) is 34.9 Å². The molecule has 0 aromatic heterocycles. The number of nitrogens with one attached hydrogen (secondary N) is 1. The van der Waals surface area contributed by atoms with Gasteiger partial charge in [0.2, 0.25) is 11.8 Å². The molecule has 5 nitrogen and oxygen atoms in total. The van der Waals surface area contributed by atoms with Gasteiger partial charge in [-0.15, -0.1) is 0 Å². The van der Waals surface area contributed by atoms with Gasteiger partial charge in [-0.1, -0.05) is 0 Å². The first-order valence-electron chi connectivity index (χ1n) is 7.58. The number of halogens is 6. The van der Waals surface area contributed by atoms with E-state index >= 15 is 0 Å². The minimum atomic E-state index is -5.03. The number of carbonyl (C=O) groups is 2. The highest BCUT2D eigenvalue weighted by Crippen LogP contribution is 2.36. The maximum absolute atomic E-state index is 12.8. The van der Waals surface area contributed by atoms with Gasteiger partial charge in [0.05, 0.1) is 23.6 Å². The lowest BCUT2D eigenvalue weighted by atomic mass is 10.0. The van der Waals surface area contributed by atoms with E-state index in [9.17, 15) is 35.9 Å². The quantitative estimate of drug-likeness (QED) is 0.549. The van der Waals surface area contributed by atoms with Crippen LogP contribution in [-0.2, 0) is 28.4 Å². The number of nitriles is 1. The van der Waals surface area contributed by atoms with Crippen molar-refractivity contribution in [3.8, 4) is 6.07 Å². The Morgan fingerprint density at radius 1 is 1.07 bits per heavy atom. The fourth-order valence-corrected chi connectivity index (χ4v) is 2.22. The molecule has 0 aliphatic rings. The molecule has 2 amide bonds. The highest BCUT2D eigenvalue weighted by molar-refractivity contribution is 5.87. The fraction of sp³-hybridized carbons (Fsp3) is 0.438. The van der Waals surface area contributed by atoms with Gasteiger partial charge >= 0.3 is 12.4 Å². The normalized spacial score (nSPS) is 12.9. The average molecular weight is 395 g/mol. The van der Waals surface area contributed by atoms with Crippen molar-refractivity contribution < 1.29 is 35.9 Å². The summed E-state index contributed by atoms with van der Waals surface area (Å²) >= 11 is 0. The smallest absolute Gasteiger partial charge is 0.368 e. The van der Waals surface area contributed by atoms with E-state index in [2.05, 4.69) is 5.32 Å². The number of carbonyl (C=O) groups excluding carboxylic acids is 2. The van der Waals surface area contributed by atoms with Gasteiger partial charge in [0, 0.05) is 6.42 Å². The van der Waals surface area contributed by atoms with Crippen LogP contribution in [0, 0.1) is 11.3 Å². The van der Waals surface area contributed by atoms with Crippen molar-refractivity contribution in [2.24, 2.45) is 5.73 Å². The summed E-state index contributed by atoms with van der Waals surface area (Å²) in [7, 11) is 0. The summed E-state index contributed by atoms with van der Waals surface area (Å²) in [6, 6.07) is 1.46. The van der Waals surface area contributed by atoms with Gasteiger partial charge in [-0.2, -0.15) is 31.6 Å². The van der Waals surface area contributed by atoms with Crippen LogP contribution >= 0.6 is 0 Å². The molecule has 11 heteroatoms. The maximum Gasteiger partial charge on any atom is 0.416 e. The number of rotatable bonds is 7. The van der Waals surface area contributed by atoms with Gasteiger partial charge in [0.15, 0.2) is 0 Å². The molecule has 0 saturated heterocycles. The minimum absolute atomic E-state index is 0.0189. The van der Waals surface area contributed by atoms with E-state index < -0.39 is 53.3 Å². The average Bonchev–Trinajstić information content (AvgIpc) is 2.52. The second-order valence-electron chi connectivity index (χ2n) is 5.66. The number of unbranched alkanes of at least 4 members (excludes halogenated alkanes) is 1. The molecule has 1 aromatic carbocycles. The number of amides is 2. The molecular weight excluding hydrogens is 380 g/mol. The molecule has 0 bridgehead atoms. The SMILES string of the molecule is N#CCCC[C@H](NC(=O)Cc1cc(C(F)(F)F)cc(C(F)(F)F)c1)C(N)=O. The summed E-state index contributed by atoms with van der Waals surface area (Å²) in [5.41, 5.74) is 1.49. The molecule has 1 aromatic rings. The summed E-state index contributed by atoms with van der Waals surface area (Å²) in [5, 5.41) is 10.6. The molecule has 3 N–H and O–H groups in total. The number of nitrogens with two attached hydrogens (primary N) is 1. The number of alkyl halides is 6. The molecule has 0 heterocycles. The lowest BCUT2D eigenvalue weighted by Gasteiger charge is -2.16. The lowest BCUT2D eigenvalue weighted by molar-refractivity contribution is -0.143. The zero-order chi connectivity index (χ0) is 20.8. The van der Waals surface area contributed by atoms with Crippen molar-refractivity contribution in [1.82, 2.24) is 5.32 Å². The number of primary amides is 1. The third-order valence-electron chi connectivity index (χ3n) is 3.47. The summed E-state index contributed by atoms with van der Waals surface area (Å²) in [6.45, 7) is 0. The summed E-state index contributed by atoms with van der Waals surface area (Å²) in [6.07, 6.45) is -10.5. The van der Waals surface area contributed by atoms with Crippen molar-refractivity contribution >= 4 is 11.8 Å². The van der Waals surface area contributed by atoms with E-state index in [0.717, 1.165) is 0 Å². The van der Waals surface area contributed by atoms with E-state index in [1.54, 1.807) is 0 Å². The Balaban J connectivity index is 3.00. The van der Waals surface area contributed by atoms with Gasteiger partial charge in [0.1, 0.15) is 6.04 Å². The van der Waals surface area contributed by atoms with Crippen LogP contribution in [0.4, 0.5) is 26.3 Å². The largest absolute Gasteiger partial charge is 0.416 e. The van der Waals surface area contributed by atoms with Crippen molar-refractivity contribution in [2.75, 3.05) is 0 Å². The van der Waals surface area contributed by atoms with Crippen LogP contribution in [0.1, 0.15) is 36.0 Å². The predicted octanol–water partition coefficient (Wildman–Crippen LogP) is 2.93. The monoisotopic (exact) mass is 395 g/mol. The van der Waals surface area contributed by atoms with Crippen molar-refractivity contribution in [1.29, 1.82) is 5.26 Å². The first-order chi connectivity index (χ1) is 12.3. The molecule has 1 atom stereocenters. The highest BCUT2D eigenvalue weighted by Gasteiger charge is 2.37. The summed E-state index contributed by atoms with van der Waals surface area (Å²) in [4.78, 5) is 23.2. The molecule has 0 radical (unpaired) electrons. The van der Waals surface area contributed by atoms with E-state index in [4.69, 9.17) is 11.0 Å². The minimum Gasteiger partial charge on any atom is -0.368 e. The Labute approximate surface area is 150 Å². The van der Waals surface area contributed by atoms with Crippen LogP contribution < -0.4 is 11.1 Å². The van der Waals surface area contributed by atoms with Gasteiger partial charge in [-0.3, -0.25) is 9.59 Å².